The molecule has 1 saturated carbocycles. The highest BCUT2D eigenvalue weighted by molar-refractivity contribution is 7.47. The highest BCUT2D eigenvalue weighted by atomic mass is 31.2. The van der Waals surface area contributed by atoms with Crippen LogP contribution in [0.1, 0.15) is 271 Å². The second-order valence-electron chi connectivity index (χ2n) is 20.3. The molecule has 1 fully saturated rings. The molecule has 0 heterocycles. The third-order valence-corrected chi connectivity index (χ3v) is 15.0. The van der Waals surface area contributed by atoms with Gasteiger partial charge in [-0.3, -0.25) is 13.8 Å². The van der Waals surface area contributed by atoms with Gasteiger partial charge in [0.2, 0.25) is 5.91 Å². The van der Waals surface area contributed by atoms with Gasteiger partial charge in [-0.05, 0) is 12.8 Å². The minimum atomic E-state index is -5.12. The highest BCUT2D eigenvalue weighted by Crippen LogP contribution is 2.47. The molecule has 1 aliphatic carbocycles. The first-order valence-corrected chi connectivity index (χ1v) is 29.6. The van der Waals surface area contributed by atoms with Crippen LogP contribution >= 0.6 is 7.82 Å². The average molecular weight is 980 g/mol. The molecule has 0 spiro atoms. The van der Waals surface area contributed by atoms with E-state index in [9.17, 15) is 50.0 Å². The van der Waals surface area contributed by atoms with Crippen molar-refractivity contribution in [3.05, 3.63) is 0 Å². The molecule has 67 heavy (non-hydrogen) atoms. The molecule has 1 aliphatic rings. The van der Waals surface area contributed by atoms with Crippen LogP contribution in [-0.4, -0.2) is 108 Å². The largest absolute Gasteiger partial charge is 0.472 e. The summed E-state index contributed by atoms with van der Waals surface area (Å²) in [6.07, 6.45) is 32.9. The summed E-state index contributed by atoms with van der Waals surface area (Å²) in [6, 6.07) is -1.15. The van der Waals surface area contributed by atoms with Crippen molar-refractivity contribution in [3.8, 4) is 0 Å². The van der Waals surface area contributed by atoms with Gasteiger partial charge in [0.1, 0.15) is 36.6 Å². The molecule has 0 saturated heterocycles. The van der Waals surface area contributed by atoms with Crippen molar-refractivity contribution in [2.45, 2.75) is 326 Å². The fourth-order valence-electron chi connectivity index (χ4n) is 9.43. The Morgan fingerprint density at radius 1 is 0.463 bits per heavy atom. The molecular formula is C53H106NO12P. The number of rotatable bonds is 48. The summed E-state index contributed by atoms with van der Waals surface area (Å²) < 4.78 is 23.0. The van der Waals surface area contributed by atoms with Crippen LogP contribution < -0.4 is 5.32 Å². The summed E-state index contributed by atoms with van der Waals surface area (Å²) in [5.74, 6) is -0.553. The van der Waals surface area contributed by atoms with Crippen molar-refractivity contribution in [1.29, 1.82) is 0 Å². The third kappa shape index (κ3) is 34.3. The van der Waals surface area contributed by atoms with Crippen LogP contribution in [0.15, 0.2) is 0 Å². The molecule has 0 bridgehead atoms. The van der Waals surface area contributed by atoms with Gasteiger partial charge < -0.3 is 46.0 Å². The van der Waals surface area contributed by atoms with Crippen LogP contribution in [0.3, 0.4) is 0 Å². The summed E-state index contributed by atoms with van der Waals surface area (Å²) >= 11 is 0. The Bertz CT molecular complexity index is 1150. The monoisotopic (exact) mass is 980 g/mol. The highest BCUT2D eigenvalue weighted by Gasteiger charge is 2.51. The normalized spacial score (nSPS) is 22.1. The number of hydrogen-bond acceptors (Lipinski definition) is 11. The quantitative estimate of drug-likeness (QED) is 0.0205. The van der Waals surface area contributed by atoms with Gasteiger partial charge in [-0.25, -0.2) is 4.57 Å². The lowest BCUT2D eigenvalue weighted by atomic mass is 9.85. The molecule has 0 aromatic heterocycles. The Morgan fingerprint density at radius 3 is 1.07 bits per heavy atom. The zero-order valence-corrected chi connectivity index (χ0v) is 43.7. The number of aliphatic hydroxyl groups is 7. The van der Waals surface area contributed by atoms with Gasteiger partial charge >= 0.3 is 7.82 Å². The predicted octanol–water partition coefficient (Wildman–Crippen LogP) is 11.2. The third-order valence-electron chi connectivity index (χ3n) is 14.0. The van der Waals surface area contributed by atoms with E-state index in [4.69, 9.17) is 9.05 Å². The van der Waals surface area contributed by atoms with Crippen LogP contribution in [0.4, 0.5) is 0 Å². The number of phosphoric acid groups is 1. The SMILES string of the molecule is CCCCCCCCCCCCCCCCCCCCCCCC(O)CC(=O)NC(COP(=O)(O)OC1C(O)C(O)C(O)C(O)C1O)C(O)CCCCCCCCCCCCCCCCCC. The van der Waals surface area contributed by atoms with Gasteiger partial charge in [0, 0.05) is 0 Å². The van der Waals surface area contributed by atoms with Crippen molar-refractivity contribution in [3.63, 3.8) is 0 Å². The number of carbonyl (C=O) groups is 1. The van der Waals surface area contributed by atoms with Gasteiger partial charge in [0.05, 0.1) is 31.3 Å². The second-order valence-corrected chi connectivity index (χ2v) is 21.7. The van der Waals surface area contributed by atoms with Gasteiger partial charge in [0.15, 0.2) is 0 Å². The number of nitrogens with one attached hydrogen (secondary N) is 1. The molecule has 14 heteroatoms. The first kappa shape index (κ1) is 64.3. The van der Waals surface area contributed by atoms with E-state index in [1.54, 1.807) is 0 Å². The number of phosphoric ester groups is 1. The summed E-state index contributed by atoms with van der Waals surface area (Å²) in [5.41, 5.74) is 0. The van der Waals surface area contributed by atoms with Gasteiger partial charge in [-0.15, -0.1) is 0 Å². The average Bonchev–Trinajstić information content (AvgIpc) is 3.30. The first-order valence-electron chi connectivity index (χ1n) is 28.1. The Morgan fingerprint density at radius 2 is 0.746 bits per heavy atom. The van der Waals surface area contributed by atoms with Crippen LogP contribution in [0.25, 0.3) is 0 Å². The molecule has 0 aliphatic heterocycles. The Kier molecular flexibility index (Phi) is 41.2. The number of aliphatic hydroxyl groups excluding tert-OH is 7. The van der Waals surface area contributed by atoms with E-state index in [-0.39, 0.29) is 12.8 Å². The zero-order chi connectivity index (χ0) is 49.4. The number of amides is 1. The minimum Gasteiger partial charge on any atom is -0.393 e. The van der Waals surface area contributed by atoms with Gasteiger partial charge in [0.25, 0.3) is 0 Å². The first-order chi connectivity index (χ1) is 32.3. The fraction of sp³-hybridized carbons (Fsp3) is 0.981. The van der Waals surface area contributed by atoms with Crippen LogP contribution in [0.5, 0.6) is 0 Å². The lowest BCUT2D eigenvalue weighted by Gasteiger charge is -2.41. The summed E-state index contributed by atoms with van der Waals surface area (Å²) in [6.45, 7) is 3.84. The molecule has 8 unspecified atom stereocenters. The number of unbranched alkanes of at least 4 members (excludes halogenated alkanes) is 35. The lowest BCUT2D eigenvalue weighted by molar-refractivity contribution is -0.220. The van der Waals surface area contributed by atoms with E-state index in [1.807, 2.05) is 0 Å². The van der Waals surface area contributed by atoms with Crippen LogP contribution in [0, 0.1) is 0 Å². The molecule has 400 valence electrons. The minimum absolute atomic E-state index is 0.215. The topological polar surface area (TPSA) is 226 Å². The van der Waals surface area contributed by atoms with Gasteiger partial charge in [-0.1, -0.05) is 251 Å². The summed E-state index contributed by atoms with van der Waals surface area (Å²) in [4.78, 5) is 23.6. The smallest absolute Gasteiger partial charge is 0.393 e. The predicted molar refractivity (Wildman–Crippen MR) is 271 cm³/mol. The van der Waals surface area contributed by atoms with E-state index in [0.717, 1.165) is 51.4 Å². The fourth-order valence-corrected chi connectivity index (χ4v) is 10.4. The van der Waals surface area contributed by atoms with Crippen molar-refractivity contribution in [2.24, 2.45) is 0 Å². The maximum Gasteiger partial charge on any atom is 0.472 e. The van der Waals surface area contributed by atoms with E-state index < -0.39 is 75.2 Å². The molecule has 0 radical (unpaired) electrons. The van der Waals surface area contributed by atoms with Crippen LogP contribution in [-0.2, 0) is 18.4 Å². The molecule has 8 atom stereocenters. The van der Waals surface area contributed by atoms with E-state index in [0.29, 0.717) is 12.8 Å². The second kappa shape index (κ2) is 42.9. The van der Waals surface area contributed by atoms with E-state index in [1.165, 1.54) is 180 Å². The van der Waals surface area contributed by atoms with Crippen molar-refractivity contribution in [1.82, 2.24) is 5.32 Å². The van der Waals surface area contributed by atoms with Crippen molar-refractivity contribution in [2.75, 3.05) is 6.61 Å². The molecule has 0 aromatic carbocycles. The molecule has 1 amide bonds. The summed E-state index contributed by atoms with van der Waals surface area (Å²) in [7, 11) is -5.12. The van der Waals surface area contributed by atoms with Crippen molar-refractivity contribution >= 4 is 13.7 Å². The zero-order valence-electron chi connectivity index (χ0n) is 42.8. The number of hydrogen-bond donors (Lipinski definition) is 9. The van der Waals surface area contributed by atoms with E-state index >= 15 is 0 Å². The summed E-state index contributed by atoms with van der Waals surface area (Å²) in [5, 5.41) is 75.0. The molecular weight excluding hydrogens is 874 g/mol. The van der Waals surface area contributed by atoms with Gasteiger partial charge in [-0.2, -0.15) is 0 Å². The maximum atomic E-state index is 13.1. The van der Waals surface area contributed by atoms with Crippen molar-refractivity contribution < 1.29 is 59.0 Å². The molecule has 9 N–H and O–H groups in total. The standard InChI is InChI=1S/C53H106NO12P/c1-3-5-7-9-11-13-15-17-19-21-22-23-24-25-26-28-30-32-34-36-38-40-44(55)42-47(57)54-45(43-65-67(63,64)66-53-51(61)49(59)48(58)50(60)52(53)62)46(56)41-39-37-35-33-31-29-27-20-18-16-14-12-10-8-6-4-2/h44-46,48-53,55-56,58-62H,3-43H2,1-2H3,(H,54,57)(H,63,64). The Balaban J connectivity index is 2.38. The molecule has 13 nitrogen and oxygen atoms in total. The maximum absolute atomic E-state index is 13.1. The molecule has 1 rings (SSSR count). The number of carbonyl (C=O) groups excluding carboxylic acids is 1. The Hall–Kier alpha value is -0.700. The van der Waals surface area contributed by atoms with E-state index in [2.05, 4.69) is 19.2 Å². The lowest BCUT2D eigenvalue weighted by Crippen LogP contribution is -2.64. The molecule has 0 aromatic rings. The van der Waals surface area contributed by atoms with Crippen LogP contribution in [0.2, 0.25) is 0 Å². The Labute approximate surface area is 409 Å².